The van der Waals surface area contributed by atoms with E-state index in [2.05, 4.69) is 37.5 Å². The van der Waals surface area contributed by atoms with E-state index in [4.69, 9.17) is 18.9 Å². The lowest BCUT2D eigenvalue weighted by atomic mass is 9.96. The number of carbonyl (C=O) groups excluding carboxylic acids is 4. The molecule has 2 fully saturated rings. The number of cyclic esters (lactones) is 1. The summed E-state index contributed by atoms with van der Waals surface area (Å²) in [5.74, 6) is -5.85. The molecule has 0 aliphatic carbocycles. The molecule has 0 aromatic heterocycles. The van der Waals surface area contributed by atoms with Crippen LogP contribution in [-0.4, -0.2) is 131 Å². The summed E-state index contributed by atoms with van der Waals surface area (Å²) in [6, 6.07) is 5.44. The van der Waals surface area contributed by atoms with E-state index >= 15 is 0 Å². The molecular weight excluding hydrogens is 628 g/mol. The summed E-state index contributed by atoms with van der Waals surface area (Å²) in [4.78, 5) is 63.0. The fourth-order valence-corrected chi connectivity index (χ4v) is 6.18. The zero-order valence-electron chi connectivity index (χ0n) is 28.9. The van der Waals surface area contributed by atoms with Crippen molar-refractivity contribution in [2.24, 2.45) is 0 Å². The number of hydrogen-bond donors (Lipinski definition) is 1. The topological polar surface area (TPSA) is 138 Å². The summed E-state index contributed by atoms with van der Waals surface area (Å²) in [6.07, 6.45) is -0.405. The van der Waals surface area contributed by atoms with Crippen molar-refractivity contribution in [1.29, 1.82) is 0 Å². The second-order valence-electron chi connectivity index (χ2n) is 12.0. The Labute approximate surface area is 282 Å². The SMILES string of the molecule is CCN(CC)CCCN(CCCN(CC)CC)C(=O)N(C(C)C)C12OC(=O)CC(O)(CC(=O)OC1Oc1ccc(SC)cc1)C(=O)O2. The third kappa shape index (κ3) is 9.52. The lowest BCUT2D eigenvalue weighted by Crippen LogP contribution is -2.70. The smallest absolute Gasteiger partial charge is 0.425 e. The average Bonchev–Trinajstić information content (AvgIpc) is 3.10. The minimum absolute atomic E-state index is 0.207. The number of amides is 2. The van der Waals surface area contributed by atoms with Crippen LogP contribution in [0.5, 0.6) is 5.75 Å². The highest BCUT2D eigenvalue weighted by Crippen LogP contribution is 2.40. The normalized spacial score (nSPS) is 22.8. The summed E-state index contributed by atoms with van der Waals surface area (Å²) in [7, 11) is 0. The maximum absolute atomic E-state index is 14.7. The first kappa shape index (κ1) is 38.4. The Balaban J connectivity index is 2.10. The highest BCUT2D eigenvalue weighted by atomic mass is 32.2. The van der Waals surface area contributed by atoms with Gasteiger partial charge >= 0.3 is 36.1 Å². The third-order valence-corrected chi connectivity index (χ3v) is 9.26. The van der Waals surface area contributed by atoms with Gasteiger partial charge in [-0.3, -0.25) is 9.59 Å². The number of fused-ring (bicyclic) bond motifs is 3. The first-order chi connectivity index (χ1) is 22.4. The number of benzene rings is 1. The number of esters is 3. The number of carbonyl (C=O) groups is 4. The van der Waals surface area contributed by atoms with Gasteiger partial charge in [0.25, 0.3) is 0 Å². The van der Waals surface area contributed by atoms with Crippen LogP contribution in [0.4, 0.5) is 4.79 Å². The van der Waals surface area contributed by atoms with E-state index in [9.17, 15) is 24.3 Å². The van der Waals surface area contributed by atoms with Gasteiger partial charge in [0.1, 0.15) is 5.75 Å². The summed E-state index contributed by atoms with van der Waals surface area (Å²) in [5.41, 5.74) is -2.54. The predicted octanol–water partition coefficient (Wildman–Crippen LogP) is 3.53. The largest absolute Gasteiger partial charge is 0.446 e. The van der Waals surface area contributed by atoms with E-state index in [1.807, 2.05) is 6.26 Å². The van der Waals surface area contributed by atoms with Gasteiger partial charge in [-0.2, -0.15) is 0 Å². The minimum Gasteiger partial charge on any atom is -0.446 e. The van der Waals surface area contributed by atoms with Crippen molar-refractivity contribution in [3.8, 4) is 5.75 Å². The maximum Gasteiger partial charge on any atom is 0.425 e. The minimum atomic E-state index is -2.69. The molecule has 14 heteroatoms. The van der Waals surface area contributed by atoms with Crippen LogP contribution in [0.1, 0.15) is 67.2 Å². The molecule has 3 rings (SSSR count). The predicted molar refractivity (Wildman–Crippen MR) is 177 cm³/mol. The highest BCUT2D eigenvalue weighted by molar-refractivity contribution is 7.98. The van der Waals surface area contributed by atoms with Crippen LogP contribution >= 0.6 is 11.8 Å². The van der Waals surface area contributed by atoms with Crippen molar-refractivity contribution >= 4 is 35.7 Å². The Hall–Kier alpha value is -3.07. The van der Waals surface area contributed by atoms with Gasteiger partial charge in [0, 0.05) is 24.0 Å². The van der Waals surface area contributed by atoms with Crippen molar-refractivity contribution in [2.75, 3.05) is 58.6 Å². The molecule has 2 amide bonds. The van der Waals surface area contributed by atoms with Gasteiger partial charge in [0.05, 0.1) is 12.8 Å². The van der Waals surface area contributed by atoms with E-state index in [1.54, 1.807) is 43.0 Å². The standard InChI is InChI=1S/C33H52N4O9S/c1-8-34(9-2)18-12-20-36(21-13-19-35(10-3)11-4)31(41)37(24(5)6)33-30(43-25-14-16-26(47-7)17-15-25)44-27(38)22-32(42,29(40)46-33)23-28(39)45-33/h14-17,24,30,42H,8-13,18-23H2,1-7H3. The molecule has 3 atom stereocenters. The van der Waals surface area contributed by atoms with Crippen molar-refractivity contribution in [3.63, 3.8) is 0 Å². The van der Waals surface area contributed by atoms with Gasteiger partial charge in [-0.05, 0) is 96.5 Å². The molecule has 2 saturated heterocycles. The molecule has 264 valence electrons. The van der Waals surface area contributed by atoms with E-state index in [-0.39, 0.29) is 5.75 Å². The van der Waals surface area contributed by atoms with Crippen LogP contribution in [0, 0.1) is 0 Å². The molecule has 3 unspecified atom stereocenters. The lowest BCUT2D eigenvalue weighted by molar-refractivity contribution is -0.353. The molecular formula is C33H52N4O9S. The molecule has 2 aliphatic rings. The number of hydrogen-bond acceptors (Lipinski definition) is 12. The number of ether oxygens (including phenoxy) is 4. The Bertz CT molecular complexity index is 1190. The van der Waals surface area contributed by atoms with Gasteiger partial charge in [-0.1, -0.05) is 27.7 Å². The van der Waals surface area contributed by atoms with Crippen LogP contribution in [-0.2, 0) is 28.6 Å². The summed E-state index contributed by atoms with van der Waals surface area (Å²) < 4.78 is 23.4. The van der Waals surface area contributed by atoms with Crippen molar-refractivity contribution < 1.29 is 43.2 Å². The molecule has 13 nitrogen and oxygen atoms in total. The fraction of sp³-hybridized carbons (Fsp3) is 0.697. The second-order valence-corrected chi connectivity index (χ2v) is 12.9. The van der Waals surface area contributed by atoms with Crippen molar-refractivity contribution in [3.05, 3.63) is 24.3 Å². The number of aliphatic hydroxyl groups is 1. The summed E-state index contributed by atoms with van der Waals surface area (Å²) in [6.45, 7) is 17.4. The monoisotopic (exact) mass is 680 g/mol. The number of rotatable bonds is 17. The molecule has 47 heavy (non-hydrogen) atoms. The zero-order valence-corrected chi connectivity index (χ0v) is 29.7. The molecule has 2 aliphatic heterocycles. The zero-order chi connectivity index (χ0) is 34.8. The Morgan fingerprint density at radius 2 is 1.43 bits per heavy atom. The molecule has 0 saturated carbocycles. The fourth-order valence-electron chi connectivity index (χ4n) is 5.77. The van der Waals surface area contributed by atoms with E-state index in [1.165, 1.54) is 11.8 Å². The van der Waals surface area contributed by atoms with Crippen molar-refractivity contribution in [1.82, 2.24) is 19.6 Å². The van der Waals surface area contributed by atoms with Crippen molar-refractivity contribution in [2.45, 2.75) is 96.0 Å². The molecule has 0 radical (unpaired) electrons. The first-order valence-electron chi connectivity index (χ1n) is 16.6. The molecule has 2 bridgehead atoms. The average molecular weight is 681 g/mol. The Morgan fingerprint density at radius 1 is 0.894 bits per heavy atom. The lowest BCUT2D eigenvalue weighted by Gasteiger charge is -2.47. The number of thioether (sulfide) groups is 1. The number of nitrogens with zero attached hydrogens (tertiary/aromatic N) is 4. The van der Waals surface area contributed by atoms with Crippen LogP contribution < -0.4 is 4.74 Å². The molecule has 1 aromatic carbocycles. The maximum atomic E-state index is 14.7. The van der Waals surface area contributed by atoms with E-state index in [0.717, 1.165) is 49.1 Å². The van der Waals surface area contributed by atoms with E-state index < -0.39 is 60.6 Å². The van der Waals surface area contributed by atoms with E-state index in [0.29, 0.717) is 25.9 Å². The van der Waals surface area contributed by atoms with Gasteiger partial charge in [-0.25, -0.2) is 14.5 Å². The Kier molecular flexibility index (Phi) is 14.2. The van der Waals surface area contributed by atoms with Gasteiger partial charge < -0.3 is 38.8 Å². The molecule has 0 spiro atoms. The molecule has 1 aromatic rings. The summed E-state index contributed by atoms with van der Waals surface area (Å²) in [5, 5.41) is 11.1. The second kappa shape index (κ2) is 17.4. The highest BCUT2D eigenvalue weighted by Gasteiger charge is 2.66. The van der Waals surface area contributed by atoms with Crippen LogP contribution in [0.25, 0.3) is 0 Å². The third-order valence-electron chi connectivity index (χ3n) is 8.51. The summed E-state index contributed by atoms with van der Waals surface area (Å²) >= 11 is 1.51. The van der Waals surface area contributed by atoms with Gasteiger partial charge in [-0.15, -0.1) is 11.8 Å². The number of urea groups is 1. The van der Waals surface area contributed by atoms with Crippen LogP contribution in [0.15, 0.2) is 29.2 Å². The first-order valence-corrected chi connectivity index (χ1v) is 17.8. The van der Waals surface area contributed by atoms with Crippen LogP contribution in [0.2, 0.25) is 0 Å². The van der Waals surface area contributed by atoms with Gasteiger partial charge in [0.2, 0.25) is 0 Å². The van der Waals surface area contributed by atoms with Crippen LogP contribution in [0.3, 0.4) is 0 Å². The molecule has 1 N–H and O–H groups in total. The van der Waals surface area contributed by atoms with Gasteiger partial charge in [0.15, 0.2) is 5.60 Å². The molecule has 2 heterocycles. The quantitative estimate of drug-likeness (QED) is 0.190. The Morgan fingerprint density at radius 3 is 1.91 bits per heavy atom.